The molecule has 0 atom stereocenters. The van der Waals surface area contributed by atoms with Gasteiger partial charge in [0.2, 0.25) is 5.13 Å². The maximum atomic E-state index is 5.79. The van der Waals surface area contributed by atoms with Crippen LogP contribution in [-0.2, 0) is 6.54 Å². The molecule has 2 aromatic heterocycles. The molecule has 0 saturated heterocycles. The fourth-order valence-corrected chi connectivity index (χ4v) is 3.04. The smallest absolute Gasteiger partial charge is 0.234 e. The second kappa shape index (κ2) is 6.41. The van der Waals surface area contributed by atoms with Crippen LogP contribution in [0.15, 0.2) is 0 Å². The van der Waals surface area contributed by atoms with Crippen LogP contribution in [0.25, 0.3) is 5.13 Å². The van der Waals surface area contributed by atoms with Crippen molar-refractivity contribution in [1.29, 1.82) is 0 Å². The number of aromatic nitrogens is 5. The van der Waals surface area contributed by atoms with Crippen molar-refractivity contribution in [3.05, 3.63) is 16.4 Å². The summed E-state index contributed by atoms with van der Waals surface area (Å²) in [4.78, 5) is 0. The molecule has 2 heterocycles. The van der Waals surface area contributed by atoms with Gasteiger partial charge in [-0.3, -0.25) is 0 Å². The van der Waals surface area contributed by atoms with E-state index in [2.05, 4.69) is 48.2 Å². The Morgan fingerprint density at radius 1 is 1.15 bits per heavy atom. The zero-order valence-corrected chi connectivity index (χ0v) is 13.3. The van der Waals surface area contributed by atoms with E-state index in [1.54, 1.807) is 11.3 Å². The highest BCUT2D eigenvalue weighted by atomic mass is 32.1. The molecule has 20 heavy (non-hydrogen) atoms. The Hall–Kier alpha value is -1.34. The molecule has 2 N–H and O–H groups in total. The average Bonchev–Trinajstić information content (AvgIpc) is 3.06. The molecule has 0 amide bonds. The van der Waals surface area contributed by atoms with Crippen LogP contribution in [0, 0.1) is 0 Å². The van der Waals surface area contributed by atoms with E-state index in [0.717, 1.165) is 34.4 Å². The van der Waals surface area contributed by atoms with Gasteiger partial charge in [-0.1, -0.05) is 44.2 Å². The molecule has 0 aromatic carbocycles. The summed E-state index contributed by atoms with van der Waals surface area (Å²) in [7, 11) is 0. The fraction of sp³-hybridized carbons (Fsp3) is 0.692. The molecule has 0 unspecified atom stereocenters. The van der Waals surface area contributed by atoms with Gasteiger partial charge in [-0.2, -0.15) is 4.68 Å². The van der Waals surface area contributed by atoms with Crippen molar-refractivity contribution in [3.63, 3.8) is 0 Å². The van der Waals surface area contributed by atoms with Gasteiger partial charge in [-0.25, -0.2) is 0 Å². The van der Waals surface area contributed by atoms with Gasteiger partial charge in [0.05, 0.1) is 5.69 Å². The van der Waals surface area contributed by atoms with Gasteiger partial charge in [0.25, 0.3) is 0 Å². The fourth-order valence-electron chi connectivity index (χ4n) is 2.24. The van der Waals surface area contributed by atoms with Gasteiger partial charge in [0, 0.05) is 18.4 Å². The molecule has 0 fully saturated rings. The van der Waals surface area contributed by atoms with E-state index in [9.17, 15) is 0 Å². The predicted molar refractivity (Wildman–Crippen MR) is 80.1 cm³/mol. The van der Waals surface area contributed by atoms with Crippen molar-refractivity contribution < 1.29 is 0 Å². The molecule has 110 valence electrons. The maximum Gasteiger partial charge on any atom is 0.234 e. The average molecular weight is 294 g/mol. The van der Waals surface area contributed by atoms with Crippen molar-refractivity contribution in [2.24, 2.45) is 5.73 Å². The number of hydrogen-bond donors (Lipinski definition) is 1. The number of nitrogens with zero attached hydrogens (tertiary/aromatic N) is 5. The van der Waals surface area contributed by atoms with Gasteiger partial charge in [-0.05, 0) is 12.8 Å². The zero-order valence-electron chi connectivity index (χ0n) is 12.5. The monoisotopic (exact) mass is 294 g/mol. The minimum Gasteiger partial charge on any atom is -0.325 e. The first-order valence-electron chi connectivity index (χ1n) is 7.10. The molecule has 0 saturated carbocycles. The standard InChI is InChI=1S/C13H22N6S/c1-5-9(6-2)11-10(7-14)15-18-19(11)13-17-16-12(20-13)8(3)4/h8-9H,5-7,14H2,1-4H3. The highest BCUT2D eigenvalue weighted by molar-refractivity contribution is 7.13. The van der Waals surface area contributed by atoms with E-state index in [-0.39, 0.29) is 0 Å². The number of hydrogen-bond acceptors (Lipinski definition) is 6. The van der Waals surface area contributed by atoms with Crippen LogP contribution in [0.4, 0.5) is 0 Å². The summed E-state index contributed by atoms with van der Waals surface area (Å²) in [5, 5.41) is 18.7. The third kappa shape index (κ3) is 2.73. The first-order chi connectivity index (χ1) is 9.62. The van der Waals surface area contributed by atoms with Gasteiger partial charge in [0.15, 0.2) is 0 Å². The Bertz CT molecular complexity index is 555. The topological polar surface area (TPSA) is 82.5 Å². The minimum absolute atomic E-state index is 0.371. The molecule has 0 bridgehead atoms. The molecule has 2 aromatic rings. The van der Waals surface area contributed by atoms with E-state index in [0.29, 0.717) is 18.4 Å². The van der Waals surface area contributed by atoms with Crippen LogP contribution in [0.1, 0.15) is 68.8 Å². The van der Waals surface area contributed by atoms with E-state index in [1.165, 1.54) is 0 Å². The van der Waals surface area contributed by atoms with Crippen LogP contribution in [0.5, 0.6) is 0 Å². The third-order valence-corrected chi connectivity index (χ3v) is 4.65. The molecule has 7 heteroatoms. The van der Waals surface area contributed by atoms with Crippen LogP contribution < -0.4 is 5.73 Å². The normalized spacial score (nSPS) is 11.8. The molecular weight excluding hydrogens is 272 g/mol. The summed E-state index contributed by atoms with van der Waals surface area (Å²) in [6, 6.07) is 0. The van der Waals surface area contributed by atoms with Crippen molar-refractivity contribution in [1.82, 2.24) is 25.2 Å². The molecule has 0 radical (unpaired) electrons. The maximum absolute atomic E-state index is 5.79. The predicted octanol–water partition coefficient (Wildman–Crippen LogP) is 2.60. The van der Waals surface area contributed by atoms with Crippen LogP contribution >= 0.6 is 11.3 Å². The first-order valence-corrected chi connectivity index (χ1v) is 7.92. The minimum atomic E-state index is 0.371. The van der Waals surface area contributed by atoms with Crippen molar-refractivity contribution >= 4 is 11.3 Å². The van der Waals surface area contributed by atoms with E-state index < -0.39 is 0 Å². The summed E-state index contributed by atoms with van der Waals surface area (Å²) in [5.74, 6) is 0.769. The Morgan fingerprint density at radius 3 is 2.35 bits per heavy atom. The lowest BCUT2D eigenvalue weighted by Crippen LogP contribution is -2.10. The first kappa shape index (κ1) is 15.1. The molecule has 0 spiro atoms. The second-order valence-corrected chi connectivity index (χ2v) is 6.12. The van der Waals surface area contributed by atoms with Crippen LogP contribution in [0.3, 0.4) is 0 Å². The number of nitrogens with two attached hydrogens (primary N) is 1. The molecule has 0 aliphatic rings. The van der Waals surface area contributed by atoms with Gasteiger partial charge in [-0.15, -0.1) is 15.3 Å². The summed E-state index contributed by atoms with van der Waals surface area (Å²) >= 11 is 1.57. The van der Waals surface area contributed by atoms with Crippen molar-refractivity contribution in [3.8, 4) is 5.13 Å². The Morgan fingerprint density at radius 2 is 1.85 bits per heavy atom. The summed E-state index contributed by atoms with van der Waals surface area (Å²) < 4.78 is 1.82. The molecule has 0 aliphatic carbocycles. The van der Waals surface area contributed by atoms with E-state index in [1.807, 2.05) is 4.68 Å². The Kier molecular flexibility index (Phi) is 4.82. The van der Waals surface area contributed by atoms with E-state index in [4.69, 9.17) is 5.73 Å². The van der Waals surface area contributed by atoms with E-state index >= 15 is 0 Å². The summed E-state index contributed by atoms with van der Waals surface area (Å²) in [6.45, 7) is 8.97. The van der Waals surface area contributed by atoms with Gasteiger partial charge in [0.1, 0.15) is 10.7 Å². The van der Waals surface area contributed by atoms with Crippen LogP contribution in [-0.4, -0.2) is 25.2 Å². The van der Waals surface area contributed by atoms with Crippen molar-refractivity contribution in [2.45, 2.75) is 58.9 Å². The molecule has 6 nitrogen and oxygen atoms in total. The van der Waals surface area contributed by atoms with Gasteiger partial charge >= 0.3 is 0 Å². The lowest BCUT2D eigenvalue weighted by atomic mass is 9.97. The SMILES string of the molecule is CCC(CC)c1c(CN)nnn1-c1nnc(C(C)C)s1. The molecule has 2 rings (SSSR count). The Labute approximate surface area is 123 Å². The third-order valence-electron chi connectivity index (χ3n) is 3.45. The van der Waals surface area contributed by atoms with Crippen LogP contribution in [0.2, 0.25) is 0 Å². The zero-order chi connectivity index (χ0) is 14.7. The Balaban J connectivity index is 2.47. The largest absolute Gasteiger partial charge is 0.325 e. The van der Waals surface area contributed by atoms with Crippen molar-refractivity contribution in [2.75, 3.05) is 0 Å². The highest BCUT2D eigenvalue weighted by Crippen LogP contribution is 2.29. The summed E-state index contributed by atoms with van der Waals surface area (Å²) in [5.41, 5.74) is 7.74. The lowest BCUT2D eigenvalue weighted by molar-refractivity contribution is 0.588. The quantitative estimate of drug-likeness (QED) is 0.885. The highest BCUT2D eigenvalue weighted by Gasteiger charge is 2.22. The number of rotatable bonds is 6. The van der Waals surface area contributed by atoms with Gasteiger partial charge < -0.3 is 5.73 Å². The molecule has 0 aliphatic heterocycles. The lowest BCUT2D eigenvalue weighted by Gasteiger charge is -2.14. The second-order valence-electron chi connectivity index (χ2n) is 5.13. The molecular formula is C13H22N6S. The summed E-state index contributed by atoms with van der Waals surface area (Å²) in [6.07, 6.45) is 2.07.